The molecule has 25 heavy (non-hydrogen) atoms. The van der Waals surface area contributed by atoms with Crippen LogP contribution in [0.2, 0.25) is 0 Å². The number of H-pyrrole nitrogens is 1. The second-order valence-corrected chi connectivity index (χ2v) is 6.96. The normalized spacial score (nSPS) is 14.8. The van der Waals surface area contributed by atoms with Gasteiger partial charge in [0.15, 0.2) is 5.82 Å². The van der Waals surface area contributed by atoms with Crippen molar-refractivity contribution in [3.8, 4) is 22.9 Å². The SMILES string of the molecule is COc1ccc(-c2nc(SCC(=O)N[C@@H](C)C3CC3)n[nH]2)c(OC)c1. The molecule has 0 aliphatic heterocycles. The van der Waals surface area contributed by atoms with E-state index >= 15 is 0 Å². The highest BCUT2D eigenvalue weighted by Crippen LogP contribution is 2.33. The Balaban J connectivity index is 1.61. The number of amides is 1. The minimum Gasteiger partial charge on any atom is -0.497 e. The average Bonchev–Trinajstić information content (AvgIpc) is 3.38. The first-order valence-corrected chi connectivity index (χ1v) is 9.16. The third-order valence-corrected chi connectivity index (χ3v) is 5.03. The van der Waals surface area contributed by atoms with E-state index in [1.54, 1.807) is 20.3 Å². The van der Waals surface area contributed by atoms with Gasteiger partial charge in [0.05, 0.1) is 25.5 Å². The van der Waals surface area contributed by atoms with Gasteiger partial charge >= 0.3 is 0 Å². The maximum atomic E-state index is 12.0. The molecule has 0 saturated heterocycles. The minimum atomic E-state index is 0.0118. The number of aromatic amines is 1. The Bertz CT molecular complexity index is 745. The summed E-state index contributed by atoms with van der Waals surface area (Å²) in [6.07, 6.45) is 2.42. The largest absolute Gasteiger partial charge is 0.497 e. The maximum Gasteiger partial charge on any atom is 0.230 e. The van der Waals surface area contributed by atoms with Gasteiger partial charge in [-0.25, -0.2) is 4.98 Å². The molecule has 1 amide bonds. The zero-order valence-corrected chi connectivity index (χ0v) is 15.4. The molecule has 0 spiro atoms. The molecule has 0 unspecified atom stereocenters. The van der Waals surface area contributed by atoms with Crippen molar-refractivity contribution >= 4 is 17.7 Å². The molecular formula is C17H22N4O3S. The number of thioether (sulfide) groups is 1. The van der Waals surface area contributed by atoms with Crippen LogP contribution in [0.3, 0.4) is 0 Å². The highest BCUT2D eigenvalue weighted by atomic mass is 32.2. The number of carbonyl (C=O) groups is 1. The van der Waals surface area contributed by atoms with Crippen LogP contribution in [0.15, 0.2) is 23.4 Å². The van der Waals surface area contributed by atoms with Crippen molar-refractivity contribution in [2.24, 2.45) is 5.92 Å². The summed E-state index contributed by atoms with van der Waals surface area (Å²) in [5.41, 5.74) is 0.787. The van der Waals surface area contributed by atoms with Crippen LogP contribution in [0, 0.1) is 5.92 Å². The fourth-order valence-corrected chi connectivity index (χ4v) is 3.17. The smallest absolute Gasteiger partial charge is 0.230 e. The zero-order chi connectivity index (χ0) is 17.8. The Labute approximate surface area is 150 Å². The lowest BCUT2D eigenvalue weighted by Crippen LogP contribution is -2.35. The number of methoxy groups -OCH3 is 2. The molecule has 3 rings (SSSR count). The number of hydrogen-bond donors (Lipinski definition) is 2. The number of ether oxygens (including phenoxy) is 2. The quantitative estimate of drug-likeness (QED) is 0.702. The van der Waals surface area contributed by atoms with Crippen LogP contribution in [0.1, 0.15) is 19.8 Å². The molecule has 1 aromatic carbocycles. The molecule has 0 bridgehead atoms. The highest BCUT2D eigenvalue weighted by molar-refractivity contribution is 7.99. The Morgan fingerprint density at radius 3 is 2.88 bits per heavy atom. The molecule has 8 heteroatoms. The number of carbonyl (C=O) groups excluding carboxylic acids is 1. The van der Waals surface area contributed by atoms with Crippen molar-refractivity contribution in [2.75, 3.05) is 20.0 Å². The lowest BCUT2D eigenvalue weighted by molar-refractivity contribution is -0.119. The number of nitrogens with one attached hydrogen (secondary N) is 2. The second kappa shape index (κ2) is 7.77. The Morgan fingerprint density at radius 1 is 1.40 bits per heavy atom. The van der Waals surface area contributed by atoms with E-state index in [-0.39, 0.29) is 11.9 Å². The molecule has 7 nitrogen and oxygen atoms in total. The number of hydrogen-bond acceptors (Lipinski definition) is 6. The van der Waals surface area contributed by atoms with Crippen molar-refractivity contribution in [3.05, 3.63) is 18.2 Å². The molecule has 2 N–H and O–H groups in total. The topological polar surface area (TPSA) is 89.1 Å². The number of nitrogens with zero attached hydrogens (tertiary/aromatic N) is 2. The first kappa shape index (κ1) is 17.6. The summed E-state index contributed by atoms with van der Waals surface area (Å²) < 4.78 is 10.6. The van der Waals surface area contributed by atoms with Crippen LogP contribution in [0.25, 0.3) is 11.4 Å². The van der Waals surface area contributed by atoms with E-state index in [4.69, 9.17) is 9.47 Å². The second-order valence-electron chi connectivity index (χ2n) is 6.02. The predicted molar refractivity (Wildman–Crippen MR) is 96.0 cm³/mol. The number of aromatic nitrogens is 3. The molecule has 1 heterocycles. The summed E-state index contributed by atoms with van der Waals surface area (Å²) in [6, 6.07) is 5.73. The molecule has 0 radical (unpaired) electrons. The number of rotatable bonds is 8. The van der Waals surface area contributed by atoms with Gasteiger partial charge in [0.25, 0.3) is 0 Å². The monoisotopic (exact) mass is 362 g/mol. The molecule has 134 valence electrons. The third kappa shape index (κ3) is 4.45. The van der Waals surface area contributed by atoms with Crippen LogP contribution < -0.4 is 14.8 Å². The van der Waals surface area contributed by atoms with E-state index in [0.717, 1.165) is 5.56 Å². The van der Waals surface area contributed by atoms with Gasteiger partial charge < -0.3 is 14.8 Å². The maximum absolute atomic E-state index is 12.0. The van der Waals surface area contributed by atoms with Crippen molar-refractivity contribution in [1.29, 1.82) is 0 Å². The summed E-state index contributed by atoms with van der Waals surface area (Å²) in [6.45, 7) is 2.06. The van der Waals surface area contributed by atoms with Gasteiger partial charge in [-0.05, 0) is 37.8 Å². The van der Waals surface area contributed by atoms with Crippen LogP contribution in [0.4, 0.5) is 0 Å². The van der Waals surface area contributed by atoms with Crippen molar-refractivity contribution in [2.45, 2.75) is 31.0 Å². The highest BCUT2D eigenvalue weighted by Gasteiger charge is 2.28. The lowest BCUT2D eigenvalue weighted by atomic mass is 10.2. The molecule has 1 atom stereocenters. The van der Waals surface area contributed by atoms with Crippen LogP contribution in [-0.2, 0) is 4.79 Å². The molecule has 1 aliphatic rings. The minimum absolute atomic E-state index is 0.0118. The fraction of sp³-hybridized carbons (Fsp3) is 0.471. The molecule has 1 fully saturated rings. The van der Waals surface area contributed by atoms with E-state index in [9.17, 15) is 4.79 Å². The summed E-state index contributed by atoms with van der Waals surface area (Å²) in [5.74, 6) is 2.89. The van der Waals surface area contributed by atoms with Gasteiger partial charge in [-0.3, -0.25) is 9.89 Å². The number of benzene rings is 1. The van der Waals surface area contributed by atoms with Crippen molar-refractivity contribution < 1.29 is 14.3 Å². The van der Waals surface area contributed by atoms with Crippen LogP contribution >= 0.6 is 11.8 Å². The lowest BCUT2D eigenvalue weighted by Gasteiger charge is -2.11. The first-order valence-electron chi connectivity index (χ1n) is 8.17. The van der Waals surface area contributed by atoms with Gasteiger partial charge in [-0.15, -0.1) is 5.10 Å². The van der Waals surface area contributed by atoms with E-state index < -0.39 is 0 Å². The van der Waals surface area contributed by atoms with Crippen molar-refractivity contribution in [1.82, 2.24) is 20.5 Å². The third-order valence-electron chi connectivity index (χ3n) is 4.18. The zero-order valence-electron chi connectivity index (χ0n) is 14.5. The Kier molecular flexibility index (Phi) is 5.47. The predicted octanol–water partition coefficient (Wildman–Crippen LogP) is 2.50. The van der Waals surface area contributed by atoms with Crippen LogP contribution in [-0.4, -0.2) is 47.1 Å². The Hall–Kier alpha value is -2.22. The van der Waals surface area contributed by atoms with Gasteiger partial charge in [0, 0.05) is 12.1 Å². The molecule has 1 aliphatic carbocycles. The van der Waals surface area contributed by atoms with Gasteiger partial charge in [-0.2, -0.15) is 0 Å². The molecular weight excluding hydrogens is 340 g/mol. The van der Waals surface area contributed by atoms with E-state index in [2.05, 4.69) is 27.4 Å². The summed E-state index contributed by atoms with van der Waals surface area (Å²) >= 11 is 1.31. The summed E-state index contributed by atoms with van der Waals surface area (Å²) in [5, 5.41) is 10.6. The summed E-state index contributed by atoms with van der Waals surface area (Å²) in [7, 11) is 3.20. The molecule has 2 aromatic rings. The molecule has 1 aromatic heterocycles. The Morgan fingerprint density at radius 2 is 2.20 bits per heavy atom. The van der Waals surface area contributed by atoms with E-state index in [0.29, 0.717) is 34.2 Å². The molecule has 1 saturated carbocycles. The first-order chi connectivity index (χ1) is 12.1. The average molecular weight is 362 g/mol. The van der Waals surface area contributed by atoms with Crippen molar-refractivity contribution in [3.63, 3.8) is 0 Å². The van der Waals surface area contributed by atoms with E-state index in [1.807, 2.05) is 12.1 Å². The van der Waals surface area contributed by atoms with Gasteiger partial charge in [-0.1, -0.05) is 11.8 Å². The van der Waals surface area contributed by atoms with Gasteiger partial charge in [0.1, 0.15) is 11.5 Å². The van der Waals surface area contributed by atoms with Gasteiger partial charge in [0.2, 0.25) is 11.1 Å². The fourth-order valence-electron chi connectivity index (χ4n) is 2.57. The van der Waals surface area contributed by atoms with E-state index in [1.165, 1.54) is 24.6 Å². The summed E-state index contributed by atoms with van der Waals surface area (Å²) in [4.78, 5) is 16.4. The standard InChI is InChI=1S/C17H22N4O3S/c1-10(11-4-5-11)18-15(22)9-25-17-19-16(20-21-17)13-7-6-12(23-2)8-14(13)24-3/h6-8,10-11H,4-5,9H2,1-3H3,(H,18,22)(H,19,20,21)/t10-/m0/s1. The van der Waals surface area contributed by atoms with Crippen LogP contribution in [0.5, 0.6) is 11.5 Å².